The highest BCUT2D eigenvalue weighted by Gasteiger charge is 2.40. The second kappa shape index (κ2) is 7.27. The summed E-state index contributed by atoms with van der Waals surface area (Å²) < 4.78 is 0.738. The number of hydrogen-bond donors (Lipinski definition) is 0. The van der Waals surface area contributed by atoms with E-state index < -0.39 is 0 Å². The third kappa shape index (κ3) is 2.97. The van der Waals surface area contributed by atoms with Crippen LogP contribution in [0.25, 0.3) is 5.57 Å². The molecule has 1 aromatic heterocycles. The van der Waals surface area contributed by atoms with E-state index in [0.29, 0.717) is 0 Å². The Morgan fingerprint density at radius 1 is 0.846 bits per heavy atom. The molecule has 0 saturated carbocycles. The van der Waals surface area contributed by atoms with Gasteiger partial charge < -0.3 is 0 Å². The average Bonchev–Trinajstić information content (AvgIpc) is 3.03. The van der Waals surface area contributed by atoms with Crippen molar-refractivity contribution in [1.29, 1.82) is 0 Å². The zero-order valence-corrected chi connectivity index (χ0v) is 15.3. The van der Waals surface area contributed by atoms with Crippen molar-refractivity contribution in [3.8, 4) is 0 Å². The number of quaternary nitrogens is 1. The molecule has 1 unspecified atom stereocenters. The van der Waals surface area contributed by atoms with E-state index in [4.69, 9.17) is 0 Å². The van der Waals surface area contributed by atoms with Gasteiger partial charge in [0.1, 0.15) is 18.4 Å². The van der Waals surface area contributed by atoms with Gasteiger partial charge in [0.15, 0.2) is 5.69 Å². The minimum atomic E-state index is 0.738. The van der Waals surface area contributed by atoms with Gasteiger partial charge in [-0.15, -0.1) is 0 Å². The largest absolute Gasteiger partial charge is 0.264 e. The summed E-state index contributed by atoms with van der Waals surface area (Å²) in [6, 6.07) is 24.0. The van der Waals surface area contributed by atoms with Crippen LogP contribution in [0, 0.1) is 0 Å². The van der Waals surface area contributed by atoms with E-state index in [2.05, 4.69) is 84.8 Å². The number of pyridine rings is 1. The maximum atomic E-state index is 4.25. The second-order valence-electron chi connectivity index (χ2n) is 6.99. The quantitative estimate of drug-likeness (QED) is 0.468. The van der Waals surface area contributed by atoms with Gasteiger partial charge in [0, 0.05) is 47.3 Å². The first-order valence-electron chi connectivity index (χ1n) is 9.47. The Kier molecular flexibility index (Phi) is 4.68. The molecule has 2 heteroatoms. The molecule has 2 heterocycles. The van der Waals surface area contributed by atoms with E-state index in [9.17, 15) is 0 Å². The van der Waals surface area contributed by atoms with Gasteiger partial charge in [-0.2, -0.15) is 0 Å². The number of benzene rings is 2. The number of nitrogens with zero attached hydrogens (tertiary/aromatic N) is 2. The van der Waals surface area contributed by atoms with Gasteiger partial charge in [-0.3, -0.25) is 4.98 Å². The molecule has 26 heavy (non-hydrogen) atoms. The van der Waals surface area contributed by atoms with Crippen LogP contribution in [0.15, 0.2) is 85.3 Å². The molecule has 0 aliphatic carbocycles. The highest BCUT2D eigenvalue weighted by molar-refractivity contribution is 5.86. The molecule has 1 aliphatic rings. The predicted molar refractivity (Wildman–Crippen MR) is 110 cm³/mol. The van der Waals surface area contributed by atoms with E-state index in [1.54, 1.807) is 0 Å². The van der Waals surface area contributed by atoms with E-state index in [-0.39, 0.29) is 0 Å². The lowest BCUT2D eigenvalue weighted by Crippen LogP contribution is -2.36. The zero-order valence-electron chi connectivity index (χ0n) is 15.3. The summed E-state index contributed by atoms with van der Waals surface area (Å²) >= 11 is 0. The van der Waals surface area contributed by atoms with Crippen LogP contribution in [-0.2, 0) is 6.54 Å². The van der Waals surface area contributed by atoms with E-state index >= 15 is 0 Å². The average molecular weight is 341 g/mol. The van der Waals surface area contributed by atoms with Gasteiger partial charge >= 0.3 is 0 Å². The summed E-state index contributed by atoms with van der Waals surface area (Å²) in [5, 5.41) is 0. The van der Waals surface area contributed by atoms with Gasteiger partial charge in [-0.25, -0.2) is 4.48 Å². The predicted octanol–water partition coefficient (Wildman–Crippen LogP) is 6.47. The highest BCUT2D eigenvalue weighted by Crippen LogP contribution is 2.48. The fourth-order valence-corrected chi connectivity index (χ4v) is 3.98. The Labute approximate surface area is 156 Å². The summed E-state index contributed by atoms with van der Waals surface area (Å²) in [4.78, 5) is 4.25. The molecule has 2 nitrogen and oxygen atoms in total. The number of hydrogen-bond acceptors (Lipinski definition) is 1. The standard InChI is InChI=1S/C24H25N2/c1-2-3-11-21-19-26(22-14-16-25-17-15-22,18-20-9-5-4-6-10-20)24-13-8-7-12-23(21)24/h4-10,12-17,19H,2-3,11,18H2,1H3/q+1. The molecular formula is C24H25N2+. The number of fused-ring (bicyclic) bond motifs is 1. The topological polar surface area (TPSA) is 12.9 Å². The zero-order chi connectivity index (χ0) is 17.8. The SMILES string of the molecule is CCCCC1=C[N+](Cc2ccccc2)(c2ccncc2)c2ccccc21. The van der Waals surface area contributed by atoms with Crippen LogP contribution in [0.2, 0.25) is 0 Å². The Balaban J connectivity index is 1.89. The molecule has 0 N–H and O–H groups in total. The summed E-state index contributed by atoms with van der Waals surface area (Å²) in [6.07, 6.45) is 9.85. The van der Waals surface area contributed by atoms with Gasteiger partial charge in [0.05, 0.1) is 0 Å². The first-order valence-corrected chi connectivity index (χ1v) is 9.47. The molecule has 4 rings (SSSR count). The molecule has 0 spiro atoms. The molecule has 1 atom stereocenters. The highest BCUT2D eigenvalue weighted by atomic mass is 15.4. The lowest BCUT2D eigenvalue weighted by molar-refractivity contribution is 0.506. The molecule has 0 radical (unpaired) electrons. The molecular weight excluding hydrogens is 316 g/mol. The number of rotatable bonds is 6. The van der Waals surface area contributed by atoms with Gasteiger partial charge in [-0.1, -0.05) is 55.8 Å². The summed E-state index contributed by atoms with van der Waals surface area (Å²) in [5.41, 5.74) is 6.84. The number of para-hydroxylation sites is 1. The van der Waals surface area contributed by atoms with Gasteiger partial charge in [0.25, 0.3) is 0 Å². The third-order valence-corrected chi connectivity index (χ3v) is 5.25. The minimum absolute atomic E-state index is 0.738. The molecule has 0 saturated heterocycles. The summed E-state index contributed by atoms with van der Waals surface area (Å²) in [7, 11) is 0. The molecule has 3 aromatic rings. The smallest absolute Gasteiger partial charge is 0.150 e. The fourth-order valence-electron chi connectivity index (χ4n) is 3.98. The Morgan fingerprint density at radius 3 is 2.35 bits per heavy atom. The maximum Gasteiger partial charge on any atom is 0.150 e. The van der Waals surface area contributed by atoms with Crippen LogP contribution >= 0.6 is 0 Å². The number of aromatic nitrogens is 1. The van der Waals surface area contributed by atoms with Crippen LogP contribution in [0.1, 0.15) is 37.3 Å². The molecule has 1 aliphatic heterocycles. The lowest BCUT2D eigenvalue weighted by Gasteiger charge is -2.32. The van der Waals surface area contributed by atoms with Crippen molar-refractivity contribution < 1.29 is 0 Å². The molecule has 130 valence electrons. The van der Waals surface area contributed by atoms with Crippen LogP contribution in [-0.4, -0.2) is 4.98 Å². The lowest BCUT2D eigenvalue weighted by atomic mass is 10.0. The maximum absolute atomic E-state index is 4.25. The normalized spacial score (nSPS) is 18.4. The van der Waals surface area contributed by atoms with Crippen LogP contribution in [0.4, 0.5) is 11.4 Å². The fraction of sp³-hybridized carbons (Fsp3) is 0.208. The summed E-state index contributed by atoms with van der Waals surface area (Å²) in [6.45, 7) is 3.17. The first-order chi connectivity index (χ1) is 12.8. The van der Waals surface area contributed by atoms with Crippen molar-refractivity contribution in [1.82, 2.24) is 9.47 Å². The monoisotopic (exact) mass is 341 g/mol. The van der Waals surface area contributed by atoms with Crippen molar-refractivity contribution in [3.05, 3.63) is 96.5 Å². The van der Waals surface area contributed by atoms with Crippen LogP contribution in [0.5, 0.6) is 0 Å². The Hall–Kier alpha value is -2.71. The van der Waals surface area contributed by atoms with E-state index in [1.165, 1.54) is 40.9 Å². The van der Waals surface area contributed by atoms with Crippen molar-refractivity contribution in [2.24, 2.45) is 0 Å². The van der Waals surface area contributed by atoms with Crippen LogP contribution < -0.4 is 4.48 Å². The molecule has 0 fully saturated rings. The second-order valence-corrected chi connectivity index (χ2v) is 6.99. The van der Waals surface area contributed by atoms with Crippen molar-refractivity contribution in [3.63, 3.8) is 0 Å². The number of allylic oxidation sites excluding steroid dienone is 1. The van der Waals surface area contributed by atoms with Crippen molar-refractivity contribution in [2.45, 2.75) is 32.7 Å². The third-order valence-electron chi connectivity index (χ3n) is 5.25. The van der Waals surface area contributed by atoms with E-state index in [0.717, 1.165) is 17.4 Å². The van der Waals surface area contributed by atoms with E-state index in [1.807, 2.05) is 12.4 Å². The summed E-state index contributed by atoms with van der Waals surface area (Å²) in [5.74, 6) is 0. The molecule has 0 amide bonds. The number of unbranched alkanes of at least 4 members (excludes halogenated alkanes) is 1. The Morgan fingerprint density at radius 2 is 1.58 bits per heavy atom. The van der Waals surface area contributed by atoms with Gasteiger partial charge in [0.2, 0.25) is 0 Å². The Bertz CT molecular complexity index is 900. The first kappa shape index (κ1) is 16.7. The molecule has 0 bridgehead atoms. The minimum Gasteiger partial charge on any atom is -0.264 e. The van der Waals surface area contributed by atoms with Crippen LogP contribution in [0.3, 0.4) is 0 Å². The molecule has 2 aromatic carbocycles. The van der Waals surface area contributed by atoms with Gasteiger partial charge in [-0.05, 0) is 18.9 Å². The van der Waals surface area contributed by atoms with Crippen molar-refractivity contribution >= 4 is 16.9 Å². The van der Waals surface area contributed by atoms with Crippen molar-refractivity contribution in [2.75, 3.05) is 0 Å².